The molecule has 1 aromatic rings. The fourth-order valence-electron chi connectivity index (χ4n) is 2.59. The van der Waals surface area contributed by atoms with Crippen molar-refractivity contribution in [2.24, 2.45) is 0 Å². The molecule has 84 valence electrons. The molecule has 0 spiro atoms. The van der Waals surface area contributed by atoms with Crippen LogP contribution in [0.2, 0.25) is 0 Å². The normalized spacial score (nSPS) is 19.4. The lowest BCUT2D eigenvalue weighted by Gasteiger charge is -2.28. The van der Waals surface area contributed by atoms with Gasteiger partial charge in [-0.15, -0.1) is 0 Å². The van der Waals surface area contributed by atoms with Crippen molar-refractivity contribution in [3.8, 4) is 5.75 Å². The Bertz CT molecular complexity index is 465. The molecule has 3 rings (SSSR count). The predicted octanol–water partition coefficient (Wildman–Crippen LogP) is 1.88. The zero-order valence-electron chi connectivity index (χ0n) is 9.49. The SMILES string of the molecule is CN1CC2=CCCOc3cc(N)cc(c32)C1. The monoisotopic (exact) mass is 216 g/mol. The van der Waals surface area contributed by atoms with Crippen molar-refractivity contribution in [2.75, 3.05) is 25.9 Å². The van der Waals surface area contributed by atoms with E-state index in [0.29, 0.717) is 0 Å². The van der Waals surface area contributed by atoms with Crippen LogP contribution in [0.4, 0.5) is 5.69 Å². The molecule has 0 saturated heterocycles. The summed E-state index contributed by atoms with van der Waals surface area (Å²) in [6.45, 7) is 2.71. The molecule has 3 heteroatoms. The van der Waals surface area contributed by atoms with Crippen LogP contribution < -0.4 is 10.5 Å². The highest BCUT2D eigenvalue weighted by molar-refractivity contribution is 5.78. The van der Waals surface area contributed by atoms with Gasteiger partial charge in [-0.2, -0.15) is 0 Å². The zero-order valence-corrected chi connectivity index (χ0v) is 9.49. The summed E-state index contributed by atoms with van der Waals surface area (Å²) in [5.74, 6) is 0.965. The van der Waals surface area contributed by atoms with Gasteiger partial charge in [0, 0.05) is 36.8 Å². The van der Waals surface area contributed by atoms with Crippen molar-refractivity contribution >= 4 is 11.3 Å². The molecule has 0 saturated carbocycles. The van der Waals surface area contributed by atoms with Gasteiger partial charge >= 0.3 is 0 Å². The van der Waals surface area contributed by atoms with Gasteiger partial charge in [0.2, 0.25) is 0 Å². The summed E-state index contributed by atoms with van der Waals surface area (Å²) in [5, 5.41) is 0. The third-order valence-electron chi connectivity index (χ3n) is 3.17. The smallest absolute Gasteiger partial charge is 0.129 e. The van der Waals surface area contributed by atoms with Gasteiger partial charge in [0.25, 0.3) is 0 Å². The number of anilines is 1. The first-order valence-electron chi connectivity index (χ1n) is 5.67. The zero-order chi connectivity index (χ0) is 11.1. The largest absolute Gasteiger partial charge is 0.493 e. The first kappa shape index (κ1) is 9.73. The first-order chi connectivity index (χ1) is 7.74. The Labute approximate surface area is 95.5 Å². The minimum Gasteiger partial charge on any atom is -0.493 e. The minimum absolute atomic E-state index is 0.753. The number of nitrogens with zero attached hydrogens (tertiary/aromatic N) is 1. The lowest BCUT2D eigenvalue weighted by atomic mass is 9.93. The second-order valence-electron chi connectivity index (χ2n) is 4.59. The van der Waals surface area contributed by atoms with Gasteiger partial charge in [0.15, 0.2) is 0 Å². The van der Waals surface area contributed by atoms with E-state index in [2.05, 4.69) is 24.1 Å². The average Bonchev–Trinajstić information content (AvgIpc) is 2.40. The summed E-state index contributed by atoms with van der Waals surface area (Å²) in [7, 11) is 2.14. The van der Waals surface area contributed by atoms with E-state index in [0.717, 1.165) is 37.6 Å². The van der Waals surface area contributed by atoms with Gasteiger partial charge in [-0.25, -0.2) is 0 Å². The van der Waals surface area contributed by atoms with Gasteiger partial charge in [-0.3, -0.25) is 4.90 Å². The standard InChI is InChI=1S/C13H16N2O/c1-15-7-9-3-2-4-16-12-6-11(14)5-10(8-15)13(9)12/h3,5-6H,2,4,7-8,14H2,1H3. The summed E-state index contributed by atoms with van der Waals surface area (Å²) in [6.07, 6.45) is 3.28. The Morgan fingerprint density at radius 2 is 2.19 bits per heavy atom. The van der Waals surface area contributed by atoms with Crippen LogP contribution in [0.25, 0.3) is 5.57 Å². The quantitative estimate of drug-likeness (QED) is 0.673. The number of hydrogen-bond donors (Lipinski definition) is 1. The average molecular weight is 216 g/mol. The molecule has 3 nitrogen and oxygen atoms in total. The van der Waals surface area contributed by atoms with E-state index < -0.39 is 0 Å². The molecule has 2 aliphatic rings. The number of hydrogen-bond acceptors (Lipinski definition) is 3. The summed E-state index contributed by atoms with van der Waals surface area (Å²) in [4.78, 5) is 2.31. The van der Waals surface area contributed by atoms with E-state index in [-0.39, 0.29) is 0 Å². The fourth-order valence-corrected chi connectivity index (χ4v) is 2.59. The molecule has 0 aliphatic carbocycles. The van der Waals surface area contributed by atoms with Crippen LogP contribution in [0.15, 0.2) is 18.2 Å². The molecule has 0 amide bonds. The molecule has 0 fully saturated rings. The van der Waals surface area contributed by atoms with Crippen LogP contribution in [0.3, 0.4) is 0 Å². The molecular weight excluding hydrogens is 200 g/mol. The molecule has 0 bridgehead atoms. The maximum atomic E-state index is 5.91. The van der Waals surface area contributed by atoms with Crippen LogP contribution >= 0.6 is 0 Å². The molecule has 0 radical (unpaired) electrons. The summed E-state index contributed by atoms with van der Waals surface area (Å²) < 4.78 is 5.76. The van der Waals surface area contributed by atoms with Crippen molar-refractivity contribution in [1.29, 1.82) is 0 Å². The maximum Gasteiger partial charge on any atom is 0.129 e. The number of nitrogens with two attached hydrogens (primary N) is 1. The Kier molecular flexibility index (Phi) is 2.14. The predicted molar refractivity (Wildman–Crippen MR) is 65.3 cm³/mol. The maximum absolute atomic E-state index is 5.91. The van der Waals surface area contributed by atoms with Crippen molar-refractivity contribution in [2.45, 2.75) is 13.0 Å². The highest BCUT2D eigenvalue weighted by Gasteiger charge is 2.23. The number of nitrogen functional groups attached to an aromatic ring is 1. The summed E-state index contributed by atoms with van der Waals surface area (Å²) in [5.41, 5.74) is 10.7. The first-order valence-corrected chi connectivity index (χ1v) is 5.67. The van der Waals surface area contributed by atoms with Gasteiger partial charge < -0.3 is 10.5 Å². The number of rotatable bonds is 0. The van der Waals surface area contributed by atoms with E-state index in [1.54, 1.807) is 0 Å². The second kappa shape index (κ2) is 3.52. The van der Waals surface area contributed by atoms with Crippen LogP contribution in [-0.2, 0) is 6.54 Å². The van der Waals surface area contributed by atoms with Gasteiger partial charge in [-0.1, -0.05) is 6.08 Å². The van der Waals surface area contributed by atoms with E-state index >= 15 is 0 Å². The molecule has 16 heavy (non-hydrogen) atoms. The van der Waals surface area contributed by atoms with Crippen molar-refractivity contribution in [1.82, 2.24) is 4.90 Å². The van der Waals surface area contributed by atoms with Crippen LogP contribution in [0.5, 0.6) is 5.75 Å². The van der Waals surface area contributed by atoms with Crippen LogP contribution in [0, 0.1) is 0 Å². The van der Waals surface area contributed by atoms with Crippen molar-refractivity contribution in [3.63, 3.8) is 0 Å². The van der Waals surface area contributed by atoms with Crippen LogP contribution in [-0.4, -0.2) is 25.1 Å². The van der Waals surface area contributed by atoms with Crippen molar-refractivity contribution < 1.29 is 4.74 Å². The fraction of sp³-hybridized carbons (Fsp3) is 0.385. The molecule has 0 atom stereocenters. The Hall–Kier alpha value is -1.48. The van der Waals surface area contributed by atoms with Crippen molar-refractivity contribution in [3.05, 3.63) is 29.3 Å². The summed E-state index contributed by atoms with van der Waals surface area (Å²) >= 11 is 0. The second-order valence-corrected chi connectivity index (χ2v) is 4.59. The van der Waals surface area contributed by atoms with E-state index in [1.165, 1.54) is 16.7 Å². The van der Waals surface area contributed by atoms with E-state index in [1.807, 2.05) is 6.07 Å². The summed E-state index contributed by atoms with van der Waals surface area (Å²) in [6, 6.07) is 4.01. The Morgan fingerprint density at radius 1 is 1.31 bits per heavy atom. The molecule has 0 aromatic heterocycles. The lowest BCUT2D eigenvalue weighted by Crippen LogP contribution is -2.26. The number of benzene rings is 1. The molecule has 2 N–H and O–H groups in total. The number of ether oxygens (including phenoxy) is 1. The molecule has 1 aromatic carbocycles. The highest BCUT2D eigenvalue weighted by Crippen LogP contribution is 2.38. The van der Waals surface area contributed by atoms with E-state index in [9.17, 15) is 0 Å². The minimum atomic E-state index is 0.753. The molecule has 2 aliphatic heterocycles. The Morgan fingerprint density at radius 3 is 3.06 bits per heavy atom. The number of likely N-dealkylation sites (N-methyl/N-ethyl adjacent to an activating group) is 1. The third kappa shape index (κ3) is 1.48. The highest BCUT2D eigenvalue weighted by atomic mass is 16.5. The molecular formula is C13H16N2O. The molecule has 0 unspecified atom stereocenters. The van der Waals surface area contributed by atoms with E-state index in [4.69, 9.17) is 10.5 Å². The third-order valence-corrected chi connectivity index (χ3v) is 3.17. The van der Waals surface area contributed by atoms with Gasteiger partial charge in [-0.05, 0) is 24.3 Å². The Balaban J connectivity index is 2.22. The lowest BCUT2D eigenvalue weighted by molar-refractivity contribution is 0.323. The van der Waals surface area contributed by atoms with Gasteiger partial charge in [0.1, 0.15) is 5.75 Å². The molecule has 2 heterocycles. The van der Waals surface area contributed by atoms with Crippen LogP contribution in [0.1, 0.15) is 17.5 Å². The topological polar surface area (TPSA) is 38.5 Å². The van der Waals surface area contributed by atoms with Gasteiger partial charge in [0.05, 0.1) is 6.61 Å².